The summed E-state index contributed by atoms with van der Waals surface area (Å²) in [6, 6.07) is 5.07. The second-order valence-electron chi connectivity index (χ2n) is 5.80. The molecule has 0 atom stereocenters. The van der Waals surface area contributed by atoms with Crippen molar-refractivity contribution in [2.45, 2.75) is 37.8 Å². The van der Waals surface area contributed by atoms with E-state index < -0.39 is 5.56 Å². The average Bonchev–Trinajstić information content (AvgIpc) is 2.64. The Labute approximate surface area is 143 Å². The molecule has 3 rings (SSSR count). The third-order valence-electron chi connectivity index (χ3n) is 4.12. The molecule has 2 aromatic rings. The second kappa shape index (κ2) is 7.57. The molecule has 8 nitrogen and oxygen atoms in total. The summed E-state index contributed by atoms with van der Waals surface area (Å²) < 4.78 is 5.77. The largest absolute Gasteiger partial charge is 0.472 e. The van der Waals surface area contributed by atoms with E-state index in [0.29, 0.717) is 0 Å². The van der Waals surface area contributed by atoms with Gasteiger partial charge in [-0.3, -0.25) is 9.59 Å². The molecule has 128 valence electrons. The van der Waals surface area contributed by atoms with Crippen LogP contribution in [0.4, 0.5) is 0 Å². The summed E-state index contributed by atoms with van der Waals surface area (Å²) in [5, 5.41) is 11.9. The minimum Gasteiger partial charge on any atom is -0.472 e. The summed E-state index contributed by atoms with van der Waals surface area (Å²) >= 11 is 0. The van der Waals surface area contributed by atoms with E-state index in [-0.39, 0.29) is 35.2 Å². The Bertz CT molecular complexity index is 850. The predicted molar refractivity (Wildman–Crippen MR) is 87.9 cm³/mol. The third kappa shape index (κ3) is 4.01. The molecule has 8 heteroatoms. The van der Waals surface area contributed by atoms with E-state index in [2.05, 4.69) is 20.3 Å². The number of amides is 1. The molecule has 0 bridgehead atoms. The molecular formula is C17H17N5O3. The van der Waals surface area contributed by atoms with Crippen molar-refractivity contribution < 1.29 is 9.53 Å². The van der Waals surface area contributed by atoms with Crippen molar-refractivity contribution in [1.82, 2.24) is 20.3 Å². The molecule has 1 fully saturated rings. The number of rotatable bonds is 4. The van der Waals surface area contributed by atoms with Crippen molar-refractivity contribution in [1.29, 1.82) is 5.26 Å². The van der Waals surface area contributed by atoms with Crippen LogP contribution in [-0.4, -0.2) is 33.0 Å². The Kier molecular flexibility index (Phi) is 5.04. The molecule has 0 unspecified atom stereocenters. The van der Waals surface area contributed by atoms with Crippen LogP contribution in [-0.2, 0) is 0 Å². The highest BCUT2D eigenvalue weighted by atomic mass is 16.5. The van der Waals surface area contributed by atoms with Crippen LogP contribution < -0.4 is 15.6 Å². The first-order valence-corrected chi connectivity index (χ1v) is 8.03. The van der Waals surface area contributed by atoms with E-state index in [1.807, 2.05) is 6.07 Å². The molecule has 2 heterocycles. The first kappa shape index (κ1) is 16.6. The van der Waals surface area contributed by atoms with Gasteiger partial charge in [-0.1, -0.05) is 0 Å². The van der Waals surface area contributed by atoms with E-state index in [0.717, 1.165) is 25.7 Å². The molecule has 1 aliphatic carbocycles. The first-order valence-electron chi connectivity index (χ1n) is 8.03. The number of ether oxygens (including phenoxy) is 1. The molecular weight excluding hydrogens is 322 g/mol. The number of aromatic amines is 1. The fourth-order valence-electron chi connectivity index (χ4n) is 2.83. The van der Waals surface area contributed by atoms with Gasteiger partial charge in [0, 0.05) is 24.6 Å². The molecule has 25 heavy (non-hydrogen) atoms. The van der Waals surface area contributed by atoms with E-state index in [1.165, 1.54) is 24.7 Å². The van der Waals surface area contributed by atoms with Crippen molar-refractivity contribution in [2.75, 3.05) is 0 Å². The van der Waals surface area contributed by atoms with Gasteiger partial charge in [0.15, 0.2) is 0 Å². The summed E-state index contributed by atoms with van der Waals surface area (Å²) in [7, 11) is 0. The molecule has 0 spiro atoms. The lowest BCUT2D eigenvalue weighted by molar-refractivity contribution is 0.0888. The molecule has 0 aliphatic heterocycles. The maximum atomic E-state index is 12.2. The molecule has 2 N–H and O–H groups in total. The molecule has 0 saturated heterocycles. The SMILES string of the molecule is N#Cc1nccnc1OC1CCC(NC(=O)c2ccc[nH]c2=O)CC1. The quantitative estimate of drug-likeness (QED) is 0.862. The minimum absolute atomic E-state index is 0.00995. The van der Waals surface area contributed by atoms with Crippen molar-refractivity contribution >= 4 is 5.91 Å². The van der Waals surface area contributed by atoms with Crippen LogP contribution in [0.5, 0.6) is 5.88 Å². The highest BCUT2D eigenvalue weighted by Crippen LogP contribution is 2.24. The number of nitriles is 1. The fraction of sp³-hybridized carbons (Fsp3) is 0.353. The molecule has 1 saturated carbocycles. The molecule has 0 aromatic carbocycles. The van der Waals surface area contributed by atoms with Crippen molar-refractivity contribution in [3.63, 3.8) is 0 Å². The van der Waals surface area contributed by atoms with Gasteiger partial charge in [-0.25, -0.2) is 9.97 Å². The van der Waals surface area contributed by atoms with Crippen LogP contribution in [0.15, 0.2) is 35.5 Å². The maximum Gasteiger partial charge on any atom is 0.260 e. The zero-order chi connectivity index (χ0) is 17.6. The number of aromatic nitrogens is 3. The van der Waals surface area contributed by atoms with Gasteiger partial charge >= 0.3 is 0 Å². The second-order valence-corrected chi connectivity index (χ2v) is 5.80. The summed E-state index contributed by atoms with van der Waals surface area (Å²) in [5.41, 5.74) is -0.121. The van der Waals surface area contributed by atoms with Gasteiger partial charge in [0.05, 0.1) is 0 Å². The van der Waals surface area contributed by atoms with Crippen LogP contribution >= 0.6 is 0 Å². The highest BCUT2D eigenvalue weighted by Gasteiger charge is 2.25. The Morgan fingerprint density at radius 3 is 2.76 bits per heavy atom. The lowest BCUT2D eigenvalue weighted by Gasteiger charge is -2.29. The summed E-state index contributed by atoms with van der Waals surface area (Å²) in [6.07, 6.45) is 7.24. The number of carbonyl (C=O) groups is 1. The number of carbonyl (C=O) groups excluding carboxylic acids is 1. The van der Waals surface area contributed by atoms with E-state index in [9.17, 15) is 9.59 Å². The van der Waals surface area contributed by atoms with Crippen LogP contribution in [0.1, 0.15) is 41.7 Å². The molecule has 1 aliphatic rings. The molecule has 2 aromatic heterocycles. The van der Waals surface area contributed by atoms with Crippen molar-refractivity contribution in [3.8, 4) is 11.9 Å². The normalized spacial score (nSPS) is 19.6. The standard InChI is InChI=1S/C17H17N5O3/c18-10-14-17(21-9-8-19-14)25-12-5-3-11(4-6-12)22-16(24)13-2-1-7-20-15(13)23/h1-2,7-9,11-12H,3-6H2,(H,20,23)(H,22,24). The highest BCUT2D eigenvalue weighted by molar-refractivity contribution is 5.93. The van der Waals surface area contributed by atoms with Crippen LogP contribution in [0.2, 0.25) is 0 Å². The Morgan fingerprint density at radius 2 is 2.04 bits per heavy atom. The third-order valence-corrected chi connectivity index (χ3v) is 4.12. The predicted octanol–water partition coefficient (Wildman–Crippen LogP) is 1.16. The van der Waals surface area contributed by atoms with E-state index in [1.54, 1.807) is 6.07 Å². The van der Waals surface area contributed by atoms with E-state index in [4.69, 9.17) is 10.00 Å². The van der Waals surface area contributed by atoms with Crippen molar-refractivity contribution in [2.24, 2.45) is 0 Å². The van der Waals surface area contributed by atoms with Gasteiger partial charge in [0.2, 0.25) is 5.69 Å². The van der Waals surface area contributed by atoms with Crippen LogP contribution in [0.3, 0.4) is 0 Å². The summed E-state index contributed by atoms with van der Waals surface area (Å²) in [4.78, 5) is 34.3. The van der Waals surface area contributed by atoms with Gasteiger partial charge in [-0.2, -0.15) is 5.26 Å². The molecule has 0 radical (unpaired) electrons. The zero-order valence-corrected chi connectivity index (χ0v) is 13.4. The fourth-order valence-corrected chi connectivity index (χ4v) is 2.83. The van der Waals surface area contributed by atoms with E-state index >= 15 is 0 Å². The van der Waals surface area contributed by atoms with Gasteiger partial charge in [-0.05, 0) is 37.8 Å². The van der Waals surface area contributed by atoms with Crippen LogP contribution in [0, 0.1) is 11.3 Å². The Hall–Kier alpha value is -3.21. The van der Waals surface area contributed by atoms with Crippen LogP contribution in [0.25, 0.3) is 0 Å². The number of nitrogens with zero attached hydrogens (tertiary/aromatic N) is 3. The Balaban J connectivity index is 1.54. The number of hydrogen-bond donors (Lipinski definition) is 2. The number of pyridine rings is 1. The number of nitrogens with one attached hydrogen (secondary N) is 2. The van der Waals surface area contributed by atoms with Gasteiger partial charge in [0.25, 0.3) is 17.3 Å². The lowest BCUT2D eigenvalue weighted by atomic mass is 9.92. The lowest BCUT2D eigenvalue weighted by Crippen LogP contribution is -2.41. The number of H-pyrrole nitrogens is 1. The smallest absolute Gasteiger partial charge is 0.260 e. The Morgan fingerprint density at radius 1 is 1.28 bits per heavy atom. The monoisotopic (exact) mass is 339 g/mol. The van der Waals surface area contributed by atoms with Gasteiger partial charge < -0.3 is 15.0 Å². The minimum atomic E-state index is -0.399. The topological polar surface area (TPSA) is 121 Å². The van der Waals surface area contributed by atoms with Gasteiger partial charge in [0.1, 0.15) is 17.7 Å². The van der Waals surface area contributed by atoms with Gasteiger partial charge in [-0.15, -0.1) is 0 Å². The number of hydrogen-bond acceptors (Lipinski definition) is 6. The molecule has 1 amide bonds. The maximum absolute atomic E-state index is 12.2. The average molecular weight is 339 g/mol. The zero-order valence-electron chi connectivity index (χ0n) is 13.4. The van der Waals surface area contributed by atoms with Crippen molar-refractivity contribution in [3.05, 3.63) is 52.3 Å². The summed E-state index contributed by atoms with van der Waals surface area (Å²) in [5.74, 6) is -0.125. The summed E-state index contributed by atoms with van der Waals surface area (Å²) in [6.45, 7) is 0. The first-order chi connectivity index (χ1) is 12.2.